The summed E-state index contributed by atoms with van der Waals surface area (Å²) in [6.45, 7) is 0. The predicted octanol–water partition coefficient (Wildman–Crippen LogP) is 13.2. The van der Waals surface area contributed by atoms with Crippen molar-refractivity contribution in [2.75, 3.05) is 4.90 Å². The van der Waals surface area contributed by atoms with Crippen LogP contribution in [0.1, 0.15) is 17.5 Å². The predicted molar refractivity (Wildman–Crippen MR) is 211 cm³/mol. The quantitative estimate of drug-likeness (QED) is 0.181. The van der Waals surface area contributed by atoms with Gasteiger partial charge in [-0.2, -0.15) is 0 Å². The third-order valence-electron chi connectivity index (χ3n) is 10.0. The molecule has 0 amide bonds. The molecular formula is C46H32N2S. The lowest BCUT2D eigenvalue weighted by Crippen LogP contribution is -2.11. The summed E-state index contributed by atoms with van der Waals surface area (Å²) in [7, 11) is 0. The summed E-state index contributed by atoms with van der Waals surface area (Å²) in [5.74, 6) is 0. The molecule has 2 aromatic heterocycles. The third-order valence-corrected chi connectivity index (χ3v) is 11.2. The van der Waals surface area contributed by atoms with Crippen molar-refractivity contribution in [1.29, 1.82) is 0 Å². The van der Waals surface area contributed by atoms with Crippen LogP contribution in [0, 0.1) is 0 Å². The van der Waals surface area contributed by atoms with E-state index in [1.165, 1.54) is 81.3 Å². The van der Waals surface area contributed by atoms with E-state index in [-0.39, 0.29) is 0 Å². The molecule has 0 saturated carbocycles. The normalized spacial score (nSPS) is 12.7. The van der Waals surface area contributed by atoms with Crippen LogP contribution in [-0.4, -0.2) is 4.57 Å². The van der Waals surface area contributed by atoms with E-state index < -0.39 is 0 Å². The first-order chi connectivity index (χ1) is 24.3. The molecule has 232 valence electrons. The van der Waals surface area contributed by atoms with Gasteiger partial charge in [-0.15, -0.1) is 11.3 Å². The Hall–Kier alpha value is -5.90. The summed E-state index contributed by atoms with van der Waals surface area (Å²) in [5.41, 5.74) is 12.2. The van der Waals surface area contributed by atoms with Crippen LogP contribution in [0.5, 0.6) is 0 Å². The topological polar surface area (TPSA) is 8.17 Å². The molecule has 1 aliphatic carbocycles. The summed E-state index contributed by atoms with van der Waals surface area (Å²) in [5, 5.41) is 5.17. The molecule has 0 atom stereocenters. The largest absolute Gasteiger partial charge is 0.310 e. The molecular weight excluding hydrogens is 613 g/mol. The van der Waals surface area contributed by atoms with Crippen LogP contribution in [0.25, 0.3) is 64.9 Å². The molecule has 0 bridgehead atoms. The fraction of sp³-hybridized carbons (Fsp3) is 0.0435. The zero-order chi connectivity index (χ0) is 32.3. The molecule has 49 heavy (non-hydrogen) atoms. The highest BCUT2D eigenvalue weighted by Gasteiger charge is 2.19. The Kier molecular flexibility index (Phi) is 6.53. The zero-order valence-electron chi connectivity index (χ0n) is 26.9. The van der Waals surface area contributed by atoms with Gasteiger partial charge in [-0.05, 0) is 96.3 Å². The van der Waals surface area contributed by atoms with Crippen LogP contribution in [0.4, 0.5) is 17.1 Å². The second kappa shape index (κ2) is 11.4. The van der Waals surface area contributed by atoms with Crippen molar-refractivity contribution in [2.45, 2.75) is 12.8 Å². The Morgan fingerprint density at radius 3 is 1.96 bits per heavy atom. The van der Waals surface area contributed by atoms with Crippen molar-refractivity contribution in [3.8, 4) is 16.8 Å². The van der Waals surface area contributed by atoms with Crippen molar-refractivity contribution >= 4 is 76.5 Å². The number of hydrogen-bond donors (Lipinski definition) is 0. The average Bonchev–Trinajstić information content (AvgIpc) is 3.71. The number of thiophene rings is 1. The molecule has 2 heterocycles. The van der Waals surface area contributed by atoms with Crippen molar-refractivity contribution in [2.24, 2.45) is 0 Å². The van der Waals surface area contributed by atoms with E-state index in [4.69, 9.17) is 0 Å². The van der Waals surface area contributed by atoms with Gasteiger partial charge in [0.05, 0.1) is 16.7 Å². The highest BCUT2D eigenvalue weighted by Crippen LogP contribution is 2.42. The maximum Gasteiger partial charge on any atom is 0.0541 e. The van der Waals surface area contributed by atoms with E-state index in [1.54, 1.807) is 0 Å². The molecule has 0 aliphatic heterocycles. The summed E-state index contributed by atoms with van der Waals surface area (Å²) in [4.78, 5) is 2.42. The fourth-order valence-electron chi connectivity index (χ4n) is 7.74. The van der Waals surface area contributed by atoms with Crippen molar-refractivity contribution in [1.82, 2.24) is 4.57 Å². The van der Waals surface area contributed by atoms with E-state index in [9.17, 15) is 0 Å². The minimum absolute atomic E-state index is 1.07. The second-order valence-electron chi connectivity index (χ2n) is 12.9. The van der Waals surface area contributed by atoms with Gasteiger partial charge in [0.2, 0.25) is 0 Å². The molecule has 0 unspecified atom stereocenters. The summed E-state index contributed by atoms with van der Waals surface area (Å²) in [6.07, 6.45) is 6.70. The number of hydrogen-bond acceptors (Lipinski definition) is 2. The Labute approximate surface area is 289 Å². The van der Waals surface area contributed by atoms with Gasteiger partial charge < -0.3 is 9.47 Å². The molecule has 3 heteroatoms. The molecule has 2 nitrogen and oxygen atoms in total. The molecule has 0 N–H and O–H groups in total. The Morgan fingerprint density at radius 1 is 0.510 bits per heavy atom. The standard InChI is InChI=1S/C46H32N2S/c1-2-12-33-29-35(26-21-31(33)11-1)47(36-27-28-46-41(30-36)40-16-6-10-20-45(40)49-46)34-24-22-32(23-25-34)37-13-3-7-17-42(37)48-43-18-8-4-14-38(43)39-15-5-9-19-44(39)48/h1,3-11,13-30H,2,12H2. The molecule has 7 aromatic carbocycles. The molecule has 0 fully saturated rings. The fourth-order valence-corrected chi connectivity index (χ4v) is 8.83. The van der Waals surface area contributed by atoms with Gasteiger partial charge in [-0.3, -0.25) is 0 Å². The van der Waals surface area contributed by atoms with Crippen molar-refractivity contribution < 1.29 is 0 Å². The summed E-state index contributed by atoms with van der Waals surface area (Å²) < 4.78 is 5.06. The number of anilines is 3. The third kappa shape index (κ3) is 4.62. The van der Waals surface area contributed by atoms with E-state index in [0.29, 0.717) is 0 Å². The molecule has 0 saturated heterocycles. The van der Waals surface area contributed by atoms with Crippen molar-refractivity contribution in [3.63, 3.8) is 0 Å². The molecule has 0 spiro atoms. The van der Waals surface area contributed by atoms with Gasteiger partial charge in [-0.25, -0.2) is 0 Å². The second-order valence-corrected chi connectivity index (χ2v) is 14.0. The number of aryl methyl sites for hydroxylation is 1. The monoisotopic (exact) mass is 644 g/mol. The van der Waals surface area contributed by atoms with E-state index in [2.05, 4.69) is 179 Å². The first-order valence-electron chi connectivity index (χ1n) is 17.0. The Balaban J connectivity index is 1.12. The minimum Gasteiger partial charge on any atom is -0.310 e. The lowest BCUT2D eigenvalue weighted by molar-refractivity contribution is 0.984. The molecule has 0 radical (unpaired) electrons. The first-order valence-corrected chi connectivity index (χ1v) is 17.8. The van der Waals surface area contributed by atoms with E-state index in [0.717, 1.165) is 18.5 Å². The molecule has 1 aliphatic rings. The lowest BCUT2D eigenvalue weighted by Gasteiger charge is -2.27. The van der Waals surface area contributed by atoms with Gasteiger partial charge >= 0.3 is 0 Å². The number of fused-ring (bicyclic) bond motifs is 7. The highest BCUT2D eigenvalue weighted by atomic mass is 32.1. The number of para-hydroxylation sites is 3. The first kappa shape index (κ1) is 28.1. The summed E-state index contributed by atoms with van der Waals surface area (Å²) in [6, 6.07) is 58.0. The number of aromatic nitrogens is 1. The lowest BCUT2D eigenvalue weighted by atomic mass is 9.96. The number of nitrogens with zero attached hydrogens (tertiary/aromatic N) is 2. The van der Waals surface area contributed by atoms with Crippen LogP contribution >= 0.6 is 11.3 Å². The molecule has 10 rings (SSSR count). The summed E-state index contributed by atoms with van der Waals surface area (Å²) >= 11 is 1.87. The number of allylic oxidation sites excluding steroid dienone is 1. The average molecular weight is 645 g/mol. The van der Waals surface area contributed by atoms with Gasteiger partial charge in [0.25, 0.3) is 0 Å². The number of rotatable bonds is 5. The maximum absolute atomic E-state index is 2.42. The van der Waals surface area contributed by atoms with Gasteiger partial charge in [0.15, 0.2) is 0 Å². The van der Waals surface area contributed by atoms with Crippen molar-refractivity contribution in [3.05, 3.63) is 175 Å². The highest BCUT2D eigenvalue weighted by molar-refractivity contribution is 7.25. The maximum atomic E-state index is 2.42. The van der Waals surface area contributed by atoms with Crippen LogP contribution in [0.15, 0.2) is 164 Å². The van der Waals surface area contributed by atoms with Gasteiger partial charge in [0, 0.05) is 53.6 Å². The smallest absolute Gasteiger partial charge is 0.0541 e. The van der Waals surface area contributed by atoms with Crippen LogP contribution in [-0.2, 0) is 6.42 Å². The van der Waals surface area contributed by atoms with Crippen LogP contribution in [0.2, 0.25) is 0 Å². The Morgan fingerprint density at radius 2 is 1.14 bits per heavy atom. The zero-order valence-corrected chi connectivity index (χ0v) is 27.7. The van der Waals surface area contributed by atoms with Crippen LogP contribution < -0.4 is 4.90 Å². The molecule has 9 aromatic rings. The Bertz CT molecular complexity index is 2670. The van der Waals surface area contributed by atoms with Crippen LogP contribution in [0.3, 0.4) is 0 Å². The van der Waals surface area contributed by atoms with Gasteiger partial charge in [0.1, 0.15) is 0 Å². The SMILES string of the molecule is C1=Cc2ccc(N(c3ccc(-c4ccccc4-n4c5ccccc5c5ccccc54)cc3)c3ccc4sc5ccccc5c4c3)cc2CC1. The van der Waals surface area contributed by atoms with Gasteiger partial charge in [-0.1, -0.05) is 103 Å². The van der Waals surface area contributed by atoms with E-state index in [1.807, 2.05) is 11.3 Å². The minimum atomic E-state index is 1.07. The number of benzene rings is 7. The van der Waals surface area contributed by atoms with E-state index >= 15 is 0 Å².